The van der Waals surface area contributed by atoms with Crippen LogP contribution in [-0.4, -0.2) is 43.8 Å². The summed E-state index contributed by atoms with van der Waals surface area (Å²) in [6.45, 7) is 3.56. The van der Waals surface area contributed by atoms with Gasteiger partial charge < -0.3 is 11.5 Å². The van der Waals surface area contributed by atoms with Gasteiger partial charge in [0.15, 0.2) is 0 Å². The summed E-state index contributed by atoms with van der Waals surface area (Å²) in [6.07, 6.45) is -3.83. The minimum absolute atomic E-state index is 0.00724. The fraction of sp³-hybridized carbons (Fsp3) is 0.647. The number of halogens is 4. The first-order valence-electron chi connectivity index (χ1n) is 8.83. The van der Waals surface area contributed by atoms with E-state index in [-0.39, 0.29) is 17.1 Å². The summed E-state index contributed by atoms with van der Waals surface area (Å²) < 4.78 is 39.5. The summed E-state index contributed by atoms with van der Waals surface area (Å²) in [7, 11) is 0. The predicted molar refractivity (Wildman–Crippen MR) is 95.4 cm³/mol. The fourth-order valence-corrected chi connectivity index (χ4v) is 4.05. The first-order chi connectivity index (χ1) is 12.3. The SMILES string of the molecule is NCC1CNC(c2ccc(Cl)c(C(F)(F)F)c2)NC1N1CC[C@@H](CN)C1. The van der Waals surface area contributed by atoms with Crippen molar-refractivity contribution in [2.24, 2.45) is 23.3 Å². The van der Waals surface area contributed by atoms with Crippen LogP contribution in [0, 0.1) is 11.8 Å². The van der Waals surface area contributed by atoms with Gasteiger partial charge >= 0.3 is 6.18 Å². The van der Waals surface area contributed by atoms with Gasteiger partial charge in [-0.2, -0.15) is 13.2 Å². The van der Waals surface area contributed by atoms with Crippen molar-refractivity contribution in [3.05, 3.63) is 34.3 Å². The molecule has 3 rings (SSSR count). The van der Waals surface area contributed by atoms with Gasteiger partial charge in [-0.1, -0.05) is 17.7 Å². The van der Waals surface area contributed by atoms with Crippen molar-refractivity contribution in [2.45, 2.75) is 24.9 Å². The van der Waals surface area contributed by atoms with Gasteiger partial charge in [0.25, 0.3) is 0 Å². The molecule has 0 radical (unpaired) electrons. The third-order valence-corrected chi connectivity index (χ3v) is 5.67. The van der Waals surface area contributed by atoms with Crippen molar-refractivity contribution in [3.63, 3.8) is 0 Å². The van der Waals surface area contributed by atoms with E-state index in [0.717, 1.165) is 25.6 Å². The molecule has 2 heterocycles. The van der Waals surface area contributed by atoms with E-state index in [9.17, 15) is 13.2 Å². The van der Waals surface area contributed by atoms with Gasteiger partial charge in [0.1, 0.15) is 0 Å². The predicted octanol–water partition coefficient (Wildman–Crippen LogP) is 1.73. The number of likely N-dealkylation sites (tertiary alicyclic amines) is 1. The molecule has 1 aromatic rings. The van der Waals surface area contributed by atoms with Gasteiger partial charge in [-0.15, -0.1) is 0 Å². The average Bonchev–Trinajstić information content (AvgIpc) is 3.09. The smallest absolute Gasteiger partial charge is 0.330 e. The molecule has 6 N–H and O–H groups in total. The summed E-state index contributed by atoms with van der Waals surface area (Å²) >= 11 is 5.73. The average molecular weight is 392 g/mol. The van der Waals surface area contributed by atoms with Crippen LogP contribution in [0.4, 0.5) is 13.2 Å². The van der Waals surface area contributed by atoms with Crippen LogP contribution in [0.15, 0.2) is 18.2 Å². The first-order valence-corrected chi connectivity index (χ1v) is 9.21. The molecule has 0 amide bonds. The number of alkyl halides is 3. The lowest BCUT2D eigenvalue weighted by Gasteiger charge is -2.43. The Kier molecular flexibility index (Phi) is 6.11. The Labute approximate surface area is 156 Å². The fourth-order valence-electron chi connectivity index (χ4n) is 3.82. The molecule has 146 valence electrons. The van der Waals surface area contributed by atoms with Crippen molar-refractivity contribution < 1.29 is 13.2 Å². The zero-order valence-electron chi connectivity index (χ0n) is 14.4. The Morgan fingerprint density at radius 2 is 2.00 bits per heavy atom. The van der Waals surface area contributed by atoms with Crippen LogP contribution in [-0.2, 0) is 6.18 Å². The quantitative estimate of drug-likeness (QED) is 0.628. The largest absolute Gasteiger partial charge is 0.417 e. The summed E-state index contributed by atoms with van der Waals surface area (Å²) in [5.41, 5.74) is 11.4. The zero-order chi connectivity index (χ0) is 18.9. The molecule has 5 nitrogen and oxygen atoms in total. The molecular formula is C17H25ClF3N5. The number of nitrogens with one attached hydrogen (secondary N) is 2. The van der Waals surface area contributed by atoms with Gasteiger partial charge in [-0.05, 0) is 43.1 Å². The first kappa shape index (κ1) is 19.9. The van der Waals surface area contributed by atoms with E-state index in [1.54, 1.807) is 6.07 Å². The van der Waals surface area contributed by atoms with Gasteiger partial charge in [0, 0.05) is 25.6 Å². The molecule has 0 spiro atoms. The Hall–Kier alpha value is -0.900. The molecule has 2 saturated heterocycles. The van der Waals surface area contributed by atoms with Crippen LogP contribution < -0.4 is 22.1 Å². The van der Waals surface area contributed by atoms with E-state index in [4.69, 9.17) is 23.1 Å². The molecule has 0 aromatic heterocycles. The molecule has 0 aliphatic carbocycles. The Morgan fingerprint density at radius 1 is 1.23 bits per heavy atom. The van der Waals surface area contributed by atoms with Crippen LogP contribution >= 0.6 is 11.6 Å². The topological polar surface area (TPSA) is 79.3 Å². The molecule has 2 aliphatic rings. The van der Waals surface area contributed by atoms with Crippen molar-refractivity contribution in [2.75, 3.05) is 32.7 Å². The highest BCUT2D eigenvalue weighted by Crippen LogP contribution is 2.36. The Balaban J connectivity index is 1.79. The summed E-state index contributed by atoms with van der Waals surface area (Å²) in [4.78, 5) is 2.31. The third-order valence-electron chi connectivity index (χ3n) is 5.34. The lowest BCUT2D eigenvalue weighted by Crippen LogP contribution is -2.61. The maximum Gasteiger partial charge on any atom is 0.417 e. The van der Waals surface area contributed by atoms with E-state index in [2.05, 4.69) is 15.5 Å². The summed E-state index contributed by atoms with van der Waals surface area (Å²) in [5.74, 6) is 0.632. The van der Waals surface area contributed by atoms with Crippen molar-refractivity contribution in [1.82, 2.24) is 15.5 Å². The number of rotatable bonds is 4. The number of hydrogen-bond donors (Lipinski definition) is 4. The number of benzene rings is 1. The Bertz CT molecular complexity index is 627. The van der Waals surface area contributed by atoms with Crippen LogP contribution in [0.5, 0.6) is 0 Å². The van der Waals surface area contributed by atoms with Gasteiger partial charge in [-0.3, -0.25) is 15.5 Å². The molecule has 1 aromatic carbocycles. The highest BCUT2D eigenvalue weighted by molar-refractivity contribution is 6.31. The van der Waals surface area contributed by atoms with E-state index >= 15 is 0 Å². The number of nitrogens with two attached hydrogens (primary N) is 2. The second-order valence-corrected chi connectivity index (χ2v) is 7.48. The second-order valence-electron chi connectivity index (χ2n) is 7.07. The molecule has 3 unspecified atom stereocenters. The summed E-state index contributed by atoms with van der Waals surface area (Å²) in [5, 5.41) is 6.41. The van der Waals surface area contributed by atoms with E-state index in [0.29, 0.717) is 31.1 Å². The Morgan fingerprint density at radius 3 is 2.62 bits per heavy atom. The van der Waals surface area contributed by atoms with Crippen LogP contribution in [0.3, 0.4) is 0 Å². The maximum atomic E-state index is 13.2. The van der Waals surface area contributed by atoms with Crippen LogP contribution in [0.1, 0.15) is 23.7 Å². The van der Waals surface area contributed by atoms with Crippen molar-refractivity contribution >= 4 is 11.6 Å². The molecule has 0 bridgehead atoms. The van der Waals surface area contributed by atoms with E-state index < -0.39 is 17.9 Å². The van der Waals surface area contributed by atoms with Crippen molar-refractivity contribution in [1.29, 1.82) is 0 Å². The number of nitrogens with zero attached hydrogens (tertiary/aromatic N) is 1. The molecule has 9 heteroatoms. The van der Waals surface area contributed by atoms with Gasteiger partial charge in [0.2, 0.25) is 0 Å². The lowest BCUT2D eigenvalue weighted by molar-refractivity contribution is -0.137. The highest BCUT2D eigenvalue weighted by Gasteiger charge is 2.38. The van der Waals surface area contributed by atoms with Gasteiger partial charge in [0.05, 0.1) is 22.9 Å². The molecular weight excluding hydrogens is 367 g/mol. The van der Waals surface area contributed by atoms with Gasteiger partial charge in [-0.25, -0.2) is 0 Å². The lowest BCUT2D eigenvalue weighted by atomic mass is 9.98. The summed E-state index contributed by atoms with van der Waals surface area (Å²) in [6, 6.07) is 4.03. The third kappa shape index (κ3) is 4.16. The minimum Gasteiger partial charge on any atom is -0.330 e. The normalized spacial score (nSPS) is 30.7. The maximum absolute atomic E-state index is 13.2. The molecule has 2 fully saturated rings. The van der Waals surface area contributed by atoms with E-state index in [1.165, 1.54) is 6.07 Å². The van der Waals surface area contributed by atoms with Crippen LogP contribution in [0.25, 0.3) is 0 Å². The molecule has 0 saturated carbocycles. The molecule has 26 heavy (non-hydrogen) atoms. The van der Waals surface area contributed by atoms with E-state index in [1.807, 2.05) is 0 Å². The van der Waals surface area contributed by atoms with Crippen molar-refractivity contribution in [3.8, 4) is 0 Å². The molecule has 2 aliphatic heterocycles. The van der Waals surface area contributed by atoms with Crippen LogP contribution in [0.2, 0.25) is 5.02 Å². The highest BCUT2D eigenvalue weighted by atomic mass is 35.5. The second kappa shape index (κ2) is 8.00. The minimum atomic E-state index is -4.48. The zero-order valence-corrected chi connectivity index (χ0v) is 15.2. The number of hydrogen-bond acceptors (Lipinski definition) is 5. The standard InChI is InChI=1S/C17H25ClF3N5/c18-14-2-1-11(5-13(14)17(19,20)21)15-24-8-12(7-23)16(25-15)26-4-3-10(6-22)9-26/h1-2,5,10,12,15-16,24-25H,3-4,6-9,22-23H2/t10-,12?,15?,16?/m0/s1. The molecule has 4 atom stereocenters. The monoisotopic (exact) mass is 391 g/mol.